The van der Waals surface area contributed by atoms with Gasteiger partial charge in [-0.25, -0.2) is 4.79 Å². The summed E-state index contributed by atoms with van der Waals surface area (Å²) in [5.74, 6) is -6.29. The average molecular weight is 509 g/mol. The number of aliphatic hydroxyl groups is 1. The summed E-state index contributed by atoms with van der Waals surface area (Å²) in [7, 11) is 0. The predicted octanol–water partition coefficient (Wildman–Crippen LogP) is -2.28. The Morgan fingerprint density at radius 2 is 1.29 bits per heavy atom. The van der Waals surface area contributed by atoms with Crippen molar-refractivity contribution in [1.82, 2.24) is 16.0 Å². The molecular formula is C19H32N4O10S. The van der Waals surface area contributed by atoms with Crippen molar-refractivity contribution in [3.63, 3.8) is 0 Å². The number of carboxylic acid groups (broad SMARTS) is 3. The second-order valence-electron chi connectivity index (χ2n) is 7.44. The molecule has 14 nitrogen and oxygen atoms in total. The number of carbonyl (C=O) groups is 6. The van der Waals surface area contributed by atoms with Gasteiger partial charge in [0.15, 0.2) is 0 Å². The zero-order valence-electron chi connectivity index (χ0n) is 18.9. The van der Waals surface area contributed by atoms with Gasteiger partial charge in [0.05, 0.1) is 12.1 Å². The standard InChI is InChI=1S/C19H32N4O10S/c1-9(24)15(18(31)22-12(19(32)33)4-6-14(27)28)23-17(30)11(3-5-13(25)26)21-16(29)10(20)7-8-34-2/h9-12,15,24H,3-8,20H2,1-2H3,(H,21,29)(H,22,31)(H,23,30)(H,25,26)(H,27,28)(H,32,33). The van der Waals surface area contributed by atoms with Crippen LogP contribution in [-0.4, -0.2) is 98.3 Å². The quantitative estimate of drug-likeness (QED) is 0.103. The summed E-state index contributed by atoms with van der Waals surface area (Å²) >= 11 is 1.45. The molecule has 0 aliphatic rings. The SMILES string of the molecule is CSCCC(N)C(=O)NC(CCC(=O)O)C(=O)NC(C(=O)NC(CCC(=O)O)C(=O)O)C(C)O. The van der Waals surface area contributed by atoms with E-state index in [4.69, 9.17) is 15.9 Å². The molecule has 0 radical (unpaired) electrons. The van der Waals surface area contributed by atoms with Crippen LogP contribution in [0.4, 0.5) is 0 Å². The minimum atomic E-state index is -1.67. The molecule has 0 heterocycles. The topological polar surface area (TPSA) is 245 Å². The fraction of sp³-hybridized carbons (Fsp3) is 0.684. The summed E-state index contributed by atoms with van der Waals surface area (Å²) in [5, 5.41) is 43.3. The molecule has 0 aliphatic carbocycles. The van der Waals surface area contributed by atoms with E-state index in [1.807, 2.05) is 11.6 Å². The molecular weight excluding hydrogens is 476 g/mol. The van der Waals surface area contributed by atoms with Gasteiger partial charge in [0.2, 0.25) is 17.7 Å². The Balaban J connectivity index is 5.44. The van der Waals surface area contributed by atoms with E-state index in [1.165, 1.54) is 11.8 Å². The Labute approximate surface area is 200 Å². The number of carbonyl (C=O) groups excluding carboxylic acids is 3. The van der Waals surface area contributed by atoms with Gasteiger partial charge in [-0.15, -0.1) is 0 Å². The van der Waals surface area contributed by atoms with E-state index < -0.39 is 85.2 Å². The van der Waals surface area contributed by atoms with Crippen molar-refractivity contribution in [2.45, 2.75) is 69.3 Å². The van der Waals surface area contributed by atoms with Gasteiger partial charge in [-0.2, -0.15) is 11.8 Å². The van der Waals surface area contributed by atoms with Gasteiger partial charge < -0.3 is 42.1 Å². The number of aliphatic hydroxyl groups excluding tert-OH is 1. The van der Waals surface area contributed by atoms with Crippen molar-refractivity contribution in [3.8, 4) is 0 Å². The number of thioether (sulfide) groups is 1. The van der Waals surface area contributed by atoms with Gasteiger partial charge in [0.1, 0.15) is 18.1 Å². The summed E-state index contributed by atoms with van der Waals surface area (Å²) in [5.41, 5.74) is 5.76. The molecule has 0 saturated heterocycles. The molecule has 0 aromatic rings. The molecule has 5 atom stereocenters. The van der Waals surface area contributed by atoms with E-state index in [0.29, 0.717) is 12.2 Å². The molecule has 0 aromatic heterocycles. The van der Waals surface area contributed by atoms with Crippen LogP contribution >= 0.6 is 11.8 Å². The molecule has 5 unspecified atom stereocenters. The maximum absolute atomic E-state index is 12.7. The van der Waals surface area contributed by atoms with Crippen LogP contribution in [0.5, 0.6) is 0 Å². The van der Waals surface area contributed by atoms with E-state index in [-0.39, 0.29) is 6.42 Å². The van der Waals surface area contributed by atoms with E-state index in [0.717, 1.165) is 6.92 Å². The van der Waals surface area contributed by atoms with Crippen molar-refractivity contribution in [2.75, 3.05) is 12.0 Å². The van der Waals surface area contributed by atoms with Crippen molar-refractivity contribution >= 4 is 47.4 Å². The number of aliphatic carboxylic acids is 3. The van der Waals surface area contributed by atoms with Crippen molar-refractivity contribution in [3.05, 3.63) is 0 Å². The van der Waals surface area contributed by atoms with Crippen molar-refractivity contribution in [1.29, 1.82) is 0 Å². The van der Waals surface area contributed by atoms with Crippen LogP contribution in [0.25, 0.3) is 0 Å². The highest BCUT2D eigenvalue weighted by Crippen LogP contribution is 2.05. The molecule has 194 valence electrons. The number of hydrogen-bond donors (Lipinski definition) is 8. The van der Waals surface area contributed by atoms with Crippen LogP contribution in [-0.2, 0) is 28.8 Å². The normalized spacial score (nSPS) is 15.2. The smallest absolute Gasteiger partial charge is 0.326 e. The van der Waals surface area contributed by atoms with E-state index >= 15 is 0 Å². The molecule has 0 bridgehead atoms. The highest BCUT2D eigenvalue weighted by atomic mass is 32.2. The fourth-order valence-electron chi connectivity index (χ4n) is 2.64. The third-order valence-corrected chi connectivity index (χ3v) is 5.22. The lowest BCUT2D eigenvalue weighted by molar-refractivity contribution is -0.144. The summed E-state index contributed by atoms with van der Waals surface area (Å²) < 4.78 is 0. The van der Waals surface area contributed by atoms with Crippen LogP contribution in [0.1, 0.15) is 39.0 Å². The van der Waals surface area contributed by atoms with E-state index in [9.17, 15) is 39.0 Å². The Kier molecular flexibility index (Phi) is 14.5. The molecule has 0 aliphatic heterocycles. The largest absolute Gasteiger partial charge is 0.481 e. The molecule has 0 fully saturated rings. The van der Waals surface area contributed by atoms with Crippen molar-refractivity contribution < 1.29 is 49.2 Å². The van der Waals surface area contributed by atoms with E-state index in [1.54, 1.807) is 0 Å². The van der Waals surface area contributed by atoms with Gasteiger partial charge in [0, 0.05) is 12.8 Å². The summed E-state index contributed by atoms with van der Waals surface area (Å²) in [4.78, 5) is 70.5. The second kappa shape index (κ2) is 15.8. The highest BCUT2D eigenvalue weighted by molar-refractivity contribution is 7.98. The molecule has 0 spiro atoms. The summed E-state index contributed by atoms with van der Waals surface area (Å²) in [6.07, 6.45) is -1.24. The van der Waals surface area contributed by atoms with Gasteiger partial charge in [-0.3, -0.25) is 24.0 Å². The fourth-order valence-corrected chi connectivity index (χ4v) is 3.13. The van der Waals surface area contributed by atoms with Crippen LogP contribution in [0.3, 0.4) is 0 Å². The average Bonchev–Trinajstić information content (AvgIpc) is 2.74. The number of carboxylic acids is 3. The lowest BCUT2D eigenvalue weighted by Gasteiger charge is -2.26. The second-order valence-corrected chi connectivity index (χ2v) is 8.43. The van der Waals surface area contributed by atoms with Crippen molar-refractivity contribution in [2.24, 2.45) is 5.73 Å². The Morgan fingerprint density at radius 3 is 1.74 bits per heavy atom. The molecule has 9 N–H and O–H groups in total. The zero-order valence-corrected chi connectivity index (χ0v) is 19.7. The Bertz CT molecular complexity index is 749. The number of nitrogens with two attached hydrogens (primary N) is 1. The Morgan fingerprint density at radius 1 is 0.794 bits per heavy atom. The minimum Gasteiger partial charge on any atom is -0.481 e. The van der Waals surface area contributed by atoms with Gasteiger partial charge >= 0.3 is 17.9 Å². The number of hydrogen-bond acceptors (Lipinski definition) is 9. The number of nitrogens with one attached hydrogen (secondary N) is 3. The zero-order chi connectivity index (χ0) is 26.4. The van der Waals surface area contributed by atoms with Crippen LogP contribution in [0.15, 0.2) is 0 Å². The lowest BCUT2D eigenvalue weighted by Crippen LogP contribution is -2.59. The van der Waals surface area contributed by atoms with Crippen LogP contribution in [0, 0.1) is 0 Å². The van der Waals surface area contributed by atoms with E-state index in [2.05, 4.69) is 10.6 Å². The van der Waals surface area contributed by atoms with Crippen LogP contribution in [0.2, 0.25) is 0 Å². The molecule has 0 rings (SSSR count). The van der Waals surface area contributed by atoms with Crippen LogP contribution < -0.4 is 21.7 Å². The molecule has 34 heavy (non-hydrogen) atoms. The lowest BCUT2D eigenvalue weighted by atomic mass is 10.1. The molecule has 15 heteroatoms. The third-order valence-electron chi connectivity index (χ3n) is 4.57. The van der Waals surface area contributed by atoms with Gasteiger partial charge in [-0.05, 0) is 38.2 Å². The third kappa shape index (κ3) is 12.4. The predicted molar refractivity (Wildman–Crippen MR) is 120 cm³/mol. The maximum atomic E-state index is 12.7. The summed E-state index contributed by atoms with van der Waals surface area (Å²) in [6, 6.07) is -5.64. The Hall–Kier alpha value is -2.91. The number of rotatable bonds is 17. The first-order chi connectivity index (χ1) is 15.8. The molecule has 0 saturated carbocycles. The first-order valence-corrected chi connectivity index (χ1v) is 11.7. The van der Waals surface area contributed by atoms with Gasteiger partial charge in [-0.1, -0.05) is 0 Å². The first kappa shape index (κ1) is 31.1. The maximum Gasteiger partial charge on any atom is 0.326 e. The highest BCUT2D eigenvalue weighted by Gasteiger charge is 2.33. The summed E-state index contributed by atoms with van der Waals surface area (Å²) in [6.45, 7) is 1.14. The first-order valence-electron chi connectivity index (χ1n) is 10.3. The minimum absolute atomic E-state index is 0.298. The van der Waals surface area contributed by atoms with Gasteiger partial charge in [0.25, 0.3) is 0 Å². The molecule has 0 aromatic carbocycles. The monoisotopic (exact) mass is 508 g/mol. The molecule has 3 amide bonds. The number of amides is 3.